The highest BCUT2D eigenvalue weighted by atomic mass is 32.2. The summed E-state index contributed by atoms with van der Waals surface area (Å²) in [6.45, 7) is 4.08. The largest absolute Gasteiger partial charge is 0.394 e. The molecule has 0 fully saturated rings. The molecule has 0 saturated heterocycles. The second-order valence-corrected chi connectivity index (χ2v) is 7.76. The van der Waals surface area contributed by atoms with E-state index in [4.69, 9.17) is 0 Å². The zero-order chi connectivity index (χ0) is 15.0. The Kier molecular flexibility index (Phi) is 4.20. The number of aliphatic hydroxyl groups is 1. The molecule has 1 aromatic carbocycles. The fraction of sp³-hybridized carbons (Fsp3) is 0.571. The van der Waals surface area contributed by atoms with E-state index in [1.165, 1.54) is 21.2 Å². The first kappa shape index (κ1) is 15.4. The zero-order valence-corrected chi connectivity index (χ0v) is 13.0. The van der Waals surface area contributed by atoms with E-state index in [9.17, 15) is 13.5 Å². The van der Waals surface area contributed by atoms with Gasteiger partial charge >= 0.3 is 0 Å². The molecule has 20 heavy (non-hydrogen) atoms. The molecule has 1 aliphatic rings. The minimum Gasteiger partial charge on any atom is -0.394 e. The van der Waals surface area contributed by atoms with Gasteiger partial charge in [0.15, 0.2) is 0 Å². The molecule has 0 saturated carbocycles. The Morgan fingerprint density at radius 3 is 2.50 bits per heavy atom. The highest BCUT2D eigenvalue weighted by molar-refractivity contribution is 7.86. The van der Waals surface area contributed by atoms with Gasteiger partial charge in [-0.2, -0.15) is 17.0 Å². The first-order valence-electron chi connectivity index (χ1n) is 6.71. The number of likely N-dealkylation sites (N-methyl/N-ethyl adjacent to an activating group) is 1. The molecule has 0 spiro atoms. The van der Waals surface area contributed by atoms with Crippen molar-refractivity contribution in [2.45, 2.75) is 32.4 Å². The Hall–Kier alpha value is -0.950. The number of fused-ring (bicyclic) bond motifs is 1. The van der Waals surface area contributed by atoms with E-state index in [0.29, 0.717) is 13.1 Å². The third-order valence-electron chi connectivity index (χ3n) is 4.01. The minimum atomic E-state index is -3.57. The van der Waals surface area contributed by atoms with Crippen LogP contribution in [-0.2, 0) is 23.2 Å². The first-order valence-corrected chi connectivity index (χ1v) is 8.10. The molecule has 6 heteroatoms. The van der Waals surface area contributed by atoms with Gasteiger partial charge in [0.1, 0.15) is 0 Å². The van der Waals surface area contributed by atoms with E-state index in [-0.39, 0.29) is 6.61 Å². The summed E-state index contributed by atoms with van der Waals surface area (Å²) in [6, 6.07) is 7.91. The number of nitrogens with zero attached hydrogens (tertiary/aromatic N) is 2. The second-order valence-electron chi connectivity index (χ2n) is 5.80. The Labute approximate surface area is 121 Å². The van der Waals surface area contributed by atoms with Crippen molar-refractivity contribution < 1.29 is 13.5 Å². The molecule has 0 aromatic heterocycles. The van der Waals surface area contributed by atoms with Crippen molar-refractivity contribution in [3.63, 3.8) is 0 Å². The van der Waals surface area contributed by atoms with Crippen LogP contribution in [-0.4, -0.2) is 47.9 Å². The van der Waals surface area contributed by atoms with E-state index in [2.05, 4.69) is 0 Å². The number of aliphatic hydroxyl groups excluding tert-OH is 1. The average Bonchev–Trinajstić information content (AvgIpc) is 2.45. The van der Waals surface area contributed by atoms with E-state index in [1.54, 1.807) is 13.8 Å². The van der Waals surface area contributed by atoms with Gasteiger partial charge in [-0.15, -0.1) is 0 Å². The molecule has 2 rings (SSSR count). The predicted molar refractivity (Wildman–Crippen MR) is 78.4 cm³/mol. The van der Waals surface area contributed by atoms with Crippen molar-refractivity contribution in [3.05, 3.63) is 35.4 Å². The SMILES string of the molecule is CN(C(C)(C)CO)S(=O)(=O)N1CCc2ccccc2C1. The predicted octanol–water partition coefficient (Wildman–Crippen LogP) is 0.992. The molecule has 1 aromatic rings. The smallest absolute Gasteiger partial charge is 0.282 e. The quantitative estimate of drug-likeness (QED) is 0.902. The summed E-state index contributed by atoms with van der Waals surface area (Å²) < 4.78 is 28.0. The van der Waals surface area contributed by atoms with Crippen LogP contribution in [0.3, 0.4) is 0 Å². The number of hydrogen-bond acceptors (Lipinski definition) is 3. The third kappa shape index (κ3) is 2.74. The maximum absolute atomic E-state index is 12.6. The number of hydrogen-bond donors (Lipinski definition) is 1. The molecular formula is C14H22N2O3S. The van der Waals surface area contributed by atoms with Crippen LogP contribution in [0.25, 0.3) is 0 Å². The molecule has 1 N–H and O–H groups in total. The molecule has 0 bridgehead atoms. The van der Waals surface area contributed by atoms with Gasteiger partial charge in [-0.25, -0.2) is 0 Å². The molecular weight excluding hydrogens is 276 g/mol. The van der Waals surface area contributed by atoms with Crippen molar-refractivity contribution in [3.8, 4) is 0 Å². The molecule has 1 aliphatic heterocycles. The molecule has 0 aliphatic carbocycles. The van der Waals surface area contributed by atoms with Gasteiger partial charge in [0.2, 0.25) is 0 Å². The van der Waals surface area contributed by atoms with Crippen LogP contribution in [0.2, 0.25) is 0 Å². The van der Waals surface area contributed by atoms with Crippen LogP contribution in [0.15, 0.2) is 24.3 Å². The highest BCUT2D eigenvalue weighted by Gasteiger charge is 2.37. The normalized spacial score (nSPS) is 17.2. The molecule has 0 unspecified atom stereocenters. The summed E-state index contributed by atoms with van der Waals surface area (Å²) in [6.07, 6.45) is 0.725. The lowest BCUT2D eigenvalue weighted by Crippen LogP contribution is -2.53. The van der Waals surface area contributed by atoms with Crippen molar-refractivity contribution in [1.29, 1.82) is 0 Å². The van der Waals surface area contributed by atoms with Gasteiger partial charge in [-0.05, 0) is 31.4 Å². The lowest BCUT2D eigenvalue weighted by Gasteiger charge is -2.38. The standard InChI is InChI=1S/C14H22N2O3S/c1-14(2,11-17)15(3)20(18,19)16-9-8-12-6-4-5-7-13(12)10-16/h4-7,17H,8-11H2,1-3H3. The molecule has 5 nitrogen and oxygen atoms in total. The van der Waals surface area contributed by atoms with Gasteiger partial charge in [0.05, 0.1) is 12.1 Å². The van der Waals surface area contributed by atoms with Crippen LogP contribution in [0.5, 0.6) is 0 Å². The number of benzene rings is 1. The lowest BCUT2D eigenvalue weighted by atomic mass is 10.0. The van der Waals surface area contributed by atoms with Gasteiger partial charge in [0.25, 0.3) is 10.2 Å². The average molecular weight is 298 g/mol. The molecule has 0 atom stereocenters. The van der Waals surface area contributed by atoms with Crippen LogP contribution in [0.4, 0.5) is 0 Å². The van der Waals surface area contributed by atoms with Crippen molar-refractivity contribution in [1.82, 2.24) is 8.61 Å². The third-order valence-corrected chi connectivity index (χ3v) is 6.16. The van der Waals surface area contributed by atoms with E-state index < -0.39 is 15.7 Å². The van der Waals surface area contributed by atoms with Gasteiger partial charge in [-0.1, -0.05) is 24.3 Å². The molecule has 0 amide bonds. The summed E-state index contributed by atoms with van der Waals surface area (Å²) in [5.41, 5.74) is 1.45. The van der Waals surface area contributed by atoms with E-state index in [0.717, 1.165) is 12.0 Å². The van der Waals surface area contributed by atoms with Crippen molar-refractivity contribution >= 4 is 10.2 Å². The van der Waals surface area contributed by atoms with E-state index >= 15 is 0 Å². The zero-order valence-electron chi connectivity index (χ0n) is 12.2. The highest BCUT2D eigenvalue weighted by Crippen LogP contribution is 2.25. The van der Waals surface area contributed by atoms with Crippen LogP contribution in [0, 0.1) is 0 Å². The van der Waals surface area contributed by atoms with Gasteiger partial charge in [0, 0.05) is 20.1 Å². The minimum absolute atomic E-state index is 0.215. The Bertz CT molecular complexity index is 584. The summed E-state index contributed by atoms with van der Waals surface area (Å²) in [7, 11) is -2.05. The van der Waals surface area contributed by atoms with Crippen LogP contribution >= 0.6 is 0 Å². The summed E-state index contributed by atoms with van der Waals surface area (Å²) in [5.74, 6) is 0. The molecule has 112 valence electrons. The summed E-state index contributed by atoms with van der Waals surface area (Å²) >= 11 is 0. The molecule has 1 heterocycles. The second kappa shape index (κ2) is 5.44. The van der Waals surface area contributed by atoms with Crippen LogP contribution < -0.4 is 0 Å². The Morgan fingerprint density at radius 1 is 1.30 bits per heavy atom. The molecule has 0 radical (unpaired) electrons. The lowest BCUT2D eigenvalue weighted by molar-refractivity contribution is 0.131. The van der Waals surface area contributed by atoms with Crippen molar-refractivity contribution in [2.75, 3.05) is 20.2 Å². The number of rotatable bonds is 4. The van der Waals surface area contributed by atoms with Gasteiger partial charge < -0.3 is 5.11 Å². The van der Waals surface area contributed by atoms with E-state index in [1.807, 2.05) is 24.3 Å². The fourth-order valence-electron chi connectivity index (χ4n) is 2.25. The maximum atomic E-state index is 12.6. The Morgan fingerprint density at radius 2 is 1.90 bits per heavy atom. The summed E-state index contributed by atoms with van der Waals surface area (Å²) in [4.78, 5) is 0. The fourth-order valence-corrected chi connectivity index (χ4v) is 3.90. The maximum Gasteiger partial charge on any atom is 0.282 e. The Balaban J connectivity index is 2.25. The van der Waals surface area contributed by atoms with Crippen LogP contribution in [0.1, 0.15) is 25.0 Å². The monoisotopic (exact) mass is 298 g/mol. The van der Waals surface area contributed by atoms with Gasteiger partial charge in [-0.3, -0.25) is 0 Å². The topological polar surface area (TPSA) is 60.9 Å². The van der Waals surface area contributed by atoms with Crippen molar-refractivity contribution in [2.24, 2.45) is 0 Å². The summed E-state index contributed by atoms with van der Waals surface area (Å²) in [5, 5.41) is 9.36. The first-order chi connectivity index (χ1) is 9.29.